The van der Waals surface area contributed by atoms with Crippen LogP contribution >= 0.6 is 0 Å². The topological polar surface area (TPSA) is 20.3 Å². The van der Waals surface area contributed by atoms with Crippen molar-refractivity contribution in [3.8, 4) is 0 Å². The van der Waals surface area contributed by atoms with E-state index in [1.54, 1.807) is 0 Å². The van der Waals surface area contributed by atoms with Crippen LogP contribution in [-0.2, 0) is 37.5 Å². The maximum absolute atomic E-state index is 10.4. The van der Waals surface area contributed by atoms with Gasteiger partial charge in [0.05, 0.1) is 0 Å². The number of allylic oxidation sites excluding steroid dienone is 1. The van der Waals surface area contributed by atoms with E-state index in [2.05, 4.69) is 12.2 Å². The van der Waals surface area contributed by atoms with Gasteiger partial charge < -0.3 is 9.69 Å². The summed E-state index contributed by atoms with van der Waals surface area (Å²) in [5.41, 5.74) is 0. The van der Waals surface area contributed by atoms with Crippen LogP contribution in [0, 0.1) is 5.92 Å². The molecule has 1 fully saturated rings. The first-order valence-electron chi connectivity index (χ1n) is 4.21. The summed E-state index contributed by atoms with van der Waals surface area (Å²) < 4.78 is 0. The van der Waals surface area contributed by atoms with Crippen LogP contribution in [0.5, 0.6) is 0 Å². The molecule has 1 saturated heterocycles. The summed E-state index contributed by atoms with van der Waals surface area (Å²) in [6, 6.07) is 0.455. The standard InChI is InChI=1S/C9H12NO.Y/c11-7-10-5-4-8-2-1-3-9(10)6-8;/h1-2,8-9H,3-6H2;/q-1;. The third kappa shape index (κ3) is 1.97. The number of nitrogens with zero attached hydrogens (tertiary/aromatic N) is 1. The number of rotatable bonds is 1. The average molecular weight is 239 g/mol. The third-order valence-corrected chi connectivity index (χ3v) is 2.69. The van der Waals surface area contributed by atoms with Crippen LogP contribution in [0.3, 0.4) is 0 Å². The van der Waals surface area contributed by atoms with Gasteiger partial charge >= 0.3 is 0 Å². The molecule has 2 nitrogen and oxygen atoms in total. The first-order valence-corrected chi connectivity index (χ1v) is 4.21. The van der Waals surface area contributed by atoms with Gasteiger partial charge in [-0.15, -0.1) is 0 Å². The zero-order valence-electron chi connectivity index (χ0n) is 7.07. The second kappa shape index (κ2) is 4.52. The first-order chi connectivity index (χ1) is 5.40. The van der Waals surface area contributed by atoms with Crippen LogP contribution in [0.15, 0.2) is 12.2 Å². The Morgan fingerprint density at radius 1 is 1.50 bits per heavy atom. The summed E-state index contributed by atoms with van der Waals surface area (Å²) in [4.78, 5) is 12.3. The van der Waals surface area contributed by atoms with E-state index < -0.39 is 0 Å². The molecule has 2 unspecified atom stereocenters. The van der Waals surface area contributed by atoms with Gasteiger partial charge in [-0.3, -0.25) is 0 Å². The molecule has 3 heteroatoms. The molecule has 0 aromatic carbocycles. The Bertz CT molecular complexity index is 193. The Morgan fingerprint density at radius 3 is 3.08 bits per heavy atom. The van der Waals surface area contributed by atoms with Gasteiger partial charge in [0, 0.05) is 38.8 Å². The molecule has 2 atom stereocenters. The summed E-state index contributed by atoms with van der Waals surface area (Å²) in [5.74, 6) is 0.735. The number of likely N-dealkylation sites (tertiary alicyclic amines) is 1. The van der Waals surface area contributed by atoms with Crippen LogP contribution in [0.25, 0.3) is 0 Å². The molecule has 0 N–H and O–H groups in total. The van der Waals surface area contributed by atoms with Crippen molar-refractivity contribution < 1.29 is 37.5 Å². The number of carbonyl (C=O) groups excluding carboxylic acids is 1. The molecule has 12 heavy (non-hydrogen) atoms. The Morgan fingerprint density at radius 2 is 2.33 bits per heavy atom. The molecular weight excluding hydrogens is 227 g/mol. The Kier molecular flexibility index (Phi) is 3.92. The molecule has 2 bridgehead atoms. The van der Waals surface area contributed by atoms with Gasteiger partial charge in [0.1, 0.15) is 0 Å². The van der Waals surface area contributed by atoms with E-state index in [4.69, 9.17) is 0 Å². The minimum Gasteiger partial charge on any atom is -0.520 e. The van der Waals surface area contributed by atoms with Gasteiger partial charge in [0.25, 0.3) is 0 Å². The van der Waals surface area contributed by atoms with Crippen LogP contribution in [0.4, 0.5) is 0 Å². The van der Waals surface area contributed by atoms with Gasteiger partial charge in [-0.2, -0.15) is 6.41 Å². The van der Waals surface area contributed by atoms with E-state index in [0.717, 1.165) is 31.7 Å². The van der Waals surface area contributed by atoms with Gasteiger partial charge in [0.2, 0.25) is 0 Å². The molecule has 1 amide bonds. The van der Waals surface area contributed by atoms with E-state index in [0.29, 0.717) is 6.04 Å². The fraction of sp³-hybridized carbons (Fsp3) is 0.667. The molecule has 1 aliphatic carbocycles. The van der Waals surface area contributed by atoms with Crippen LogP contribution in [0.1, 0.15) is 19.3 Å². The fourth-order valence-corrected chi connectivity index (χ4v) is 2.03. The number of hydrogen-bond donors (Lipinski definition) is 0. The van der Waals surface area contributed by atoms with Gasteiger partial charge in [-0.25, -0.2) is 0 Å². The average Bonchev–Trinajstić information content (AvgIpc) is 2.06. The predicted octanol–water partition coefficient (Wildman–Crippen LogP) is 1.09. The van der Waals surface area contributed by atoms with Crippen LogP contribution in [0.2, 0.25) is 0 Å². The maximum Gasteiger partial charge on any atom is 0.00385 e. The van der Waals surface area contributed by atoms with Crippen LogP contribution in [-0.4, -0.2) is 23.9 Å². The van der Waals surface area contributed by atoms with E-state index in [-0.39, 0.29) is 32.7 Å². The third-order valence-electron chi connectivity index (χ3n) is 2.69. The second-order valence-corrected chi connectivity index (χ2v) is 3.39. The Hall–Kier alpha value is 0.314. The Balaban J connectivity index is 0.000000720. The first kappa shape index (κ1) is 10.4. The molecule has 2 aliphatic rings. The van der Waals surface area contributed by atoms with Crippen LogP contribution < -0.4 is 0 Å². The van der Waals surface area contributed by atoms with E-state index >= 15 is 0 Å². The quantitative estimate of drug-likeness (QED) is 0.495. The number of piperidine rings is 1. The predicted molar refractivity (Wildman–Crippen MR) is 42.7 cm³/mol. The summed E-state index contributed by atoms with van der Waals surface area (Å²) in [6.45, 7) is 0.906. The minimum absolute atomic E-state index is 0. The van der Waals surface area contributed by atoms with Gasteiger partial charge in [0.15, 0.2) is 0 Å². The number of amides is 1. The van der Waals surface area contributed by atoms with Crippen molar-refractivity contribution in [3.63, 3.8) is 0 Å². The van der Waals surface area contributed by atoms with Crippen molar-refractivity contribution in [1.29, 1.82) is 0 Å². The number of fused-ring (bicyclic) bond motifs is 2. The molecule has 0 aromatic heterocycles. The normalized spacial score (nSPS) is 32.5. The van der Waals surface area contributed by atoms with E-state index in [9.17, 15) is 4.79 Å². The molecule has 0 spiro atoms. The van der Waals surface area contributed by atoms with Crippen molar-refractivity contribution in [2.45, 2.75) is 25.3 Å². The molecular formula is C9H12NOY-. The minimum atomic E-state index is 0. The molecule has 1 radical (unpaired) electrons. The van der Waals surface area contributed by atoms with Crippen molar-refractivity contribution in [2.24, 2.45) is 5.92 Å². The van der Waals surface area contributed by atoms with Crippen molar-refractivity contribution in [3.05, 3.63) is 12.2 Å². The molecule has 0 saturated carbocycles. The molecule has 1 heterocycles. The maximum atomic E-state index is 10.4. The largest absolute Gasteiger partial charge is 0.520 e. The number of hydrogen-bond acceptors (Lipinski definition) is 1. The summed E-state index contributed by atoms with van der Waals surface area (Å²) in [5, 5.41) is 0. The molecule has 2 rings (SSSR count). The smallest absolute Gasteiger partial charge is 0.00385 e. The van der Waals surface area contributed by atoms with Crippen molar-refractivity contribution in [2.75, 3.05) is 6.54 Å². The fourth-order valence-electron chi connectivity index (χ4n) is 2.03. The Labute approximate surface area is 98.3 Å². The summed E-state index contributed by atoms with van der Waals surface area (Å²) in [7, 11) is 0. The molecule has 0 aromatic rings. The zero-order valence-corrected chi connectivity index (χ0v) is 9.91. The van der Waals surface area contributed by atoms with E-state index in [1.807, 2.05) is 11.3 Å². The zero-order chi connectivity index (χ0) is 7.68. The molecule has 1 aliphatic heterocycles. The monoisotopic (exact) mass is 239 g/mol. The summed E-state index contributed by atoms with van der Waals surface area (Å²) in [6.07, 6.45) is 9.82. The summed E-state index contributed by atoms with van der Waals surface area (Å²) >= 11 is 0. The second-order valence-electron chi connectivity index (χ2n) is 3.39. The molecule has 63 valence electrons. The van der Waals surface area contributed by atoms with Crippen molar-refractivity contribution >= 4 is 6.41 Å². The van der Waals surface area contributed by atoms with Gasteiger partial charge in [-0.05, 0) is 31.7 Å². The van der Waals surface area contributed by atoms with Crippen molar-refractivity contribution in [1.82, 2.24) is 4.90 Å². The van der Waals surface area contributed by atoms with Gasteiger partial charge in [-0.1, -0.05) is 12.2 Å². The van der Waals surface area contributed by atoms with E-state index in [1.165, 1.54) is 0 Å². The SMILES string of the molecule is O=[C-]N1CCC2C=CCC1C2.[Y].